The topological polar surface area (TPSA) is 46.2 Å². The third kappa shape index (κ3) is 3.09. The highest BCUT2D eigenvalue weighted by atomic mass is 31.2. The van der Waals surface area contributed by atoms with Gasteiger partial charge in [-0.25, -0.2) is 0 Å². The highest BCUT2D eigenvalue weighted by Gasteiger charge is 2.56. The lowest BCUT2D eigenvalue weighted by Gasteiger charge is -2.35. The van der Waals surface area contributed by atoms with Crippen LogP contribution in [0.5, 0.6) is 0 Å². The smallest absolute Gasteiger partial charge is 0.268 e. The first kappa shape index (κ1) is 17.6. The van der Waals surface area contributed by atoms with Crippen molar-refractivity contribution < 1.29 is 9.59 Å². The Morgan fingerprint density at radius 2 is 1.07 bits per heavy atom. The molecule has 4 heteroatoms. The van der Waals surface area contributed by atoms with Gasteiger partial charge >= 0.3 is 0 Å². The van der Waals surface area contributed by atoms with Crippen LogP contribution in [0, 0.1) is 0 Å². The van der Waals surface area contributed by atoms with Crippen molar-refractivity contribution in [2.45, 2.75) is 18.5 Å². The van der Waals surface area contributed by atoms with E-state index in [1.807, 2.05) is 54.6 Å². The summed E-state index contributed by atoms with van der Waals surface area (Å²) in [5, 5.41) is 6.09. The quantitative estimate of drug-likeness (QED) is 0.564. The van der Waals surface area contributed by atoms with Gasteiger partial charge in [0.15, 0.2) is 5.66 Å². The SMILES string of the molecule is O=C1CCC([P+](c2ccccc2)(c2ccccc2)c2ccccc2)C(=O)N1. The molecule has 1 saturated heterocycles. The molecule has 0 aliphatic carbocycles. The Bertz CT molecular complexity index is 845. The molecule has 0 saturated carbocycles. The number of hydrogen-bond donors (Lipinski definition) is 1. The molecule has 4 rings (SSSR count). The fraction of sp³-hybridized carbons (Fsp3) is 0.130. The predicted molar refractivity (Wildman–Crippen MR) is 111 cm³/mol. The van der Waals surface area contributed by atoms with Gasteiger partial charge < -0.3 is 0 Å². The summed E-state index contributed by atoms with van der Waals surface area (Å²) in [5.41, 5.74) is -0.262. The Hall–Kier alpha value is -2.77. The molecule has 1 atom stereocenters. The summed E-state index contributed by atoms with van der Waals surface area (Å²) in [7, 11) is -2.28. The molecule has 0 bridgehead atoms. The molecule has 27 heavy (non-hydrogen) atoms. The van der Waals surface area contributed by atoms with Crippen molar-refractivity contribution in [3.8, 4) is 0 Å². The summed E-state index contributed by atoms with van der Waals surface area (Å²) in [4.78, 5) is 24.9. The van der Waals surface area contributed by atoms with Crippen molar-refractivity contribution in [1.29, 1.82) is 0 Å². The lowest BCUT2D eigenvalue weighted by atomic mass is 10.1. The van der Waals surface area contributed by atoms with Crippen molar-refractivity contribution in [3.63, 3.8) is 0 Å². The molecule has 1 unspecified atom stereocenters. The van der Waals surface area contributed by atoms with Crippen molar-refractivity contribution in [2.75, 3.05) is 0 Å². The number of amides is 2. The monoisotopic (exact) mass is 374 g/mol. The fourth-order valence-corrected chi connectivity index (χ4v) is 8.86. The van der Waals surface area contributed by atoms with E-state index in [0.29, 0.717) is 12.8 Å². The van der Waals surface area contributed by atoms with Crippen LogP contribution in [0.1, 0.15) is 12.8 Å². The molecule has 3 aromatic rings. The minimum Gasteiger partial charge on any atom is -0.293 e. The third-order valence-corrected chi connectivity index (χ3v) is 9.93. The van der Waals surface area contributed by atoms with Gasteiger partial charge in [0.05, 0.1) is 0 Å². The minimum absolute atomic E-state index is 0.156. The Morgan fingerprint density at radius 1 is 0.667 bits per heavy atom. The fourth-order valence-electron chi connectivity index (χ4n) is 4.03. The summed E-state index contributed by atoms with van der Waals surface area (Å²) in [6.45, 7) is 0. The second-order valence-corrected chi connectivity index (χ2v) is 10.3. The molecule has 134 valence electrons. The Balaban J connectivity index is 2.04. The number of carbonyl (C=O) groups excluding carboxylic acids is 2. The van der Waals surface area contributed by atoms with E-state index in [0.717, 1.165) is 15.9 Å². The number of imide groups is 1. The zero-order chi connectivity index (χ0) is 18.7. The van der Waals surface area contributed by atoms with Crippen LogP contribution < -0.4 is 21.2 Å². The van der Waals surface area contributed by atoms with Crippen LogP contribution in [0.25, 0.3) is 0 Å². The largest absolute Gasteiger partial charge is 0.293 e. The lowest BCUT2D eigenvalue weighted by Crippen LogP contribution is -2.51. The van der Waals surface area contributed by atoms with E-state index in [4.69, 9.17) is 0 Å². The maximum absolute atomic E-state index is 13.1. The summed E-state index contributed by atoms with van der Waals surface area (Å²) in [6, 6.07) is 30.9. The first-order chi connectivity index (χ1) is 13.2. The molecular weight excluding hydrogens is 353 g/mol. The van der Waals surface area contributed by atoms with E-state index in [1.165, 1.54) is 0 Å². The number of carbonyl (C=O) groups is 2. The van der Waals surface area contributed by atoms with Gasteiger partial charge in [-0.05, 0) is 36.4 Å². The molecule has 3 aromatic carbocycles. The Morgan fingerprint density at radius 3 is 1.44 bits per heavy atom. The second kappa shape index (κ2) is 7.46. The molecule has 0 spiro atoms. The first-order valence-corrected chi connectivity index (χ1v) is 11.0. The molecule has 0 radical (unpaired) electrons. The van der Waals surface area contributed by atoms with Crippen LogP contribution in [-0.2, 0) is 9.59 Å². The van der Waals surface area contributed by atoms with Gasteiger partial charge in [0.1, 0.15) is 23.2 Å². The molecule has 1 N–H and O–H groups in total. The summed E-state index contributed by atoms with van der Waals surface area (Å²) < 4.78 is 0. The number of nitrogens with one attached hydrogen (secondary N) is 1. The molecule has 2 amide bonds. The molecule has 1 heterocycles. The molecule has 1 aliphatic heterocycles. The van der Waals surface area contributed by atoms with E-state index in [9.17, 15) is 9.59 Å². The highest BCUT2D eigenvalue weighted by molar-refractivity contribution is 7.96. The van der Waals surface area contributed by atoms with Gasteiger partial charge in [-0.15, -0.1) is 0 Å². The van der Waals surface area contributed by atoms with E-state index >= 15 is 0 Å². The zero-order valence-electron chi connectivity index (χ0n) is 14.9. The second-order valence-electron chi connectivity index (χ2n) is 6.70. The molecule has 0 aromatic heterocycles. The summed E-state index contributed by atoms with van der Waals surface area (Å²) in [5.74, 6) is -0.334. The number of piperidine rings is 1. The van der Waals surface area contributed by atoms with Crippen molar-refractivity contribution in [3.05, 3.63) is 91.0 Å². The van der Waals surface area contributed by atoms with Crippen molar-refractivity contribution in [2.24, 2.45) is 0 Å². The summed E-state index contributed by atoms with van der Waals surface area (Å²) >= 11 is 0. The van der Waals surface area contributed by atoms with E-state index in [-0.39, 0.29) is 17.5 Å². The average molecular weight is 374 g/mol. The van der Waals surface area contributed by atoms with Crippen LogP contribution in [0.4, 0.5) is 0 Å². The van der Waals surface area contributed by atoms with Crippen LogP contribution in [0.2, 0.25) is 0 Å². The van der Waals surface area contributed by atoms with E-state index < -0.39 is 7.26 Å². The van der Waals surface area contributed by atoms with Crippen molar-refractivity contribution >= 4 is 35.0 Å². The number of rotatable bonds is 4. The molecular formula is C23H21NO2P+. The lowest BCUT2D eigenvalue weighted by molar-refractivity contribution is -0.132. The number of benzene rings is 3. The normalized spacial score (nSPS) is 17.4. The third-order valence-electron chi connectivity index (χ3n) is 5.17. The average Bonchev–Trinajstić information content (AvgIpc) is 2.72. The van der Waals surface area contributed by atoms with Gasteiger partial charge in [-0.2, -0.15) is 0 Å². The molecule has 1 fully saturated rings. The molecule has 1 aliphatic rings. The summed E-state index contributed by atoms with van der Waals surface area (Å²) in [6.07, 6.45) is 0.946. The first-order valence-electron chi connectivity index (χ1n) is 9.12. The van der Waals surface area contributed by atoms with Gasteiger partial charge in [-0.1, -0.05) is 54.6 Å². The van der Waals surface area contributed by atoms with Gasteiger partial charge in [0.2, 0.25) is 5.91 Å². The van der Waals surface area contributed by atoms with Crippen molar-refractivity contribution in [1.82, 2.24) is 5.32 Å². The Kier molecular flexibility index (Phi) is 4.87. The maximum atomic E-state index is 13.1. The van der Waals surface area contributed by atoms with Crippen LogP contribution in [0.3, 0.4) is 0 Å². The minimum atomic E-state index is -2.28. The number of hydrogen-bond acceptors (Lipinski definition) is 2. The van der Waals surface area contributed by atoms with Gasteiger partial charge in [-0.3, -0.25) is 14.9 Å². The Labute approximate surface area is 159 Å². The highest BCUT2D eigenvalue weighted by Crippen LogP contribution is 2.61. The zero-order valence-corrected chi connectivity index (χ0v) is 15.8. The van der Waals surface area contributed by atoms with Gasteiger partial charge in [0.25, 0.3) is 5.91 Å². The van der Waals surface area contributed by atoms with Gasteiger partial charge in [0, 0.05) is 12.8 Å². The standard InChI is InChI=1S/C23H20NO2P/c25-22-17-16-21(23(26)24-22)27(18-10-4-1-5-11-18,19-12-6-2-7-13-19)20-14-8-3-9-15-20/h1-15,21H,16-17H2/p+1. The van der Waals surface area contributed by atoms with Crippen LogP contribution in [0.15, 0.2) is 91.0 Å². The van der Waals surface area contributed by atoms with E-state index in [2.05, 4.69) is 41.7 Å². The van der Waals surface area contributed by atoms with E-state index in [1.54, 1.807) is 0 Å². The predicted octanol–water partition coefficient (Wildman–Crippen LogP) is 2.79. The van der Waals surface area contributed by atoms with Crippen LogP contribution >= 0.6 is 7.26 Å². The maximum Gasteiger partial charge on any atom is 0.268 e. The molecule has 3 nitrogen and oxygen atoms in total. The van der Waals surface area contributed by atoms with Crippen LogP contribution in [-0.4, -0.2) is 17.5 Å².